The highest BCUT2D eigenvalue weighted by Crippen LogP contribution is 2.21. The van der Waals surface area contributed by atoms with Crippen LogP contribution in [0.15, 0.2) is 42.6 Å². The number of amides is 1. The van der Waals surface area contributed by atoms with E-state index in [9.17, 15) is 4.79 Å². The number of hydrogen-bond donors (Lipinski definition) is 1. The van der Waals surface area contributed by atoms with Gasteiger partial charge in [0.15, 0.2) is 0 Å². The smallest absolute Gasteiger partial charge is 0.274 e. The normalized spacial score (nSPS) is 10.8. The van der Waals surface area contributed by atoms with E-state index in [0.29, 0.717) is 18.8 Å². The van der Waals surface area contributed by atoms with Crippen molar-refractivity contribution in [1.82, 2.24) is 19.6 Å². The Balaban J connectivity index is 1.83. The van der Waals surface area contributed by atoms with Crippen LogP contribution in [0.3, 0.4) is 0 Å². The Bertz CT molecular complexity index is 848. The molecule has 3 aromatic rings. The third kappa shape index (κ3) is 3.08. The van der Waals surface area contributed by atoms with Crippen molar-refractivity contribution in [2.24, 2.45) is 0 Å². The summed E-state index contributed by atoms with van der Waals surface area (Å²) in [5.41, 5.74) is 4.23. The molecule has 0 atom stereocenters. The summed E-state index contributed by atoms with van der Waals surface area (Å²) in [5, 5.41) is 11.7. The molecule has 0 fully saturated rings. The summed E-state index contributed by atoms with van der Waals surface area (Å²) in [6.45, 7) is 7.16. The van der Waals surface area contributed by atoms with Gasteiger partial charge < -0.3 is 5.32 Å². The summed E-state index contributed by atoms with van der Waals surface area (Å²) in [7, 11) is 0. The van der Waals surface area contributed by atoms with E-state index in [1.165, 1.54) is 5.56 Å². The Morgan fingerprint density at radius 2 is 1.88 bits per heavy atom. The number of aryl methyl sites for hydroxylation is 2. The van der Waals surface area contributed by atoms with Crippen LogP contribution < -0.4 is 5.32 Å². The van der Waals surface area contributed by atoms with Crippen LogP contribution in [0.2, 0.25) is 0 Å². The number of nitrogens with zero attached hydrogens (tertiary/aromatic N) is 4. The molecule has 6 nitrogen and oxygen atoms in total. The predicted octanol–water partition coefficient (Wildman–Crippen LogP) is 3.02. The van der Waals surface area contributed by atoms with Gasteiger partial charge in [-0.1, -0.05) is 30.3 Å². The van der Waals surface area contributed by atoms with Gasteiger partial charge >= 0.3 is 0 Å². The molecule has 0 aliphatic rings. The van der Waals surface area contributed by atoms with E-state index in [0.717, 1.165) is 17.1 Å². The molecule has 124 valence electrons. The van der Waals surface area contributed by atoms with Crippen molar-refractivity contribution in [3.05, 3.63) is 65.2 Å². The molecule has 2 aromatic heterocycles. The minimum absolute atomic E-state index is 0.167. The Morgan fingerprint density at radius 3 is 2.58 bits per heavy atom. The van der Waals surface area contributed by atoms with Crippen molar-refractivity contribution in [3.63, 3.8) is 0 Å². The van der Waals surface area contributed by atoms with Gasteiger partial charge in [0.25, 0.3) is 5.91 Å². The van der Waals surface area contributed by atoms with Crippen LogP contribution in [-0.2, 0) is 13.1 Å². The number of benzene rings is 1. The van der Waals surface area contributed by atoms with Crippen LogP contribution in [0.5, 0.6) is 0 Å². The lowest BCUT2D eigenvalue weighted by Crippen LogP contribution is -2.18. The standard InChI is InChI=1S/C18H21N5O/c1-4-22-16(10-11-19-22)18(24)20-17-13(2)21-23(14(17)3)12-15-8-6-5-7-9-15/h5-11H,4,12H2,1-3H3,(H,20,24). The van der Waals surface area contributed by atoms with Crippen LogP contribution in [0.1, 0.15) is 34.4 Å². The molecule has 0 saturated carbocycles. The molecule has 3 rings (SSSR count). The van der Waals surface area contributed by atoms with Gasteiger partial charge in [0.2, 0.25) is 0 Å². The van der Waals surface area contributed by atoms with E-state index in [-0.39, 0.29) is 5.91 Å². The number of carbonyl (C=O) groups excluding carboxylic acids is 1. The summed E-state index contributed by atoms with van der Waals surface area (Å²) in [6, 6.07) is 11.9. The van der Waals surface area contributed by atoms with Gasteiger partial charge in [-0.15, -0.1) is 0 Å². The highest BCUT2D eigenvalue weighted by atomic mass is 16.2. The van der Waals surface area contributed by atoms with Crippen LogP contribution in [-0.4, -0.2) is 25.5 Å². The summed E-state index contributed by atoms with van der Waals surface area (Å²) in [6.07, 6.45) is 1.64. The molecule has 0 radical (unpaired) electrons. The number of rotatable bonds is 5. The maximum Gasteiger partial charge on any atom is 0.274 e. The van der Waals surface area contributed by atoms with Gasteiger partial charge in [-0.2, -0.15) is 10.2 Å². The molecular weight excluding hydrogens is 302 g/mol. The molecule has 1 N–H and O–H groups in total. The number of carbonyl (C=O) groups is 1. The molecule has 0 bridgehead atoms. The second kappa shape index (κ2) is 6.70. The van der Waals surface area contributed by atoms with Crippen molar-refractivity contribution >= 4 is 11.6 Å². The molecule has 0 unspecified atom stereocenters. The van der Waals surface area contributed by atoms with Gasteiger partial charge in [-0.3, -0.25) is 14.2 Å². The zero-order valence-electron chi connectivity index (χ0n) is 14.2. The maximum absolute atomic E-state index is 12.5. The molecular formula is C18H21N5O. The molecule has 0 aliphatic heterocycles. The fourth-order valence-corrected chi connectivity index (χ4v) is 2.74. The zero-order chi connectivity index (χ0) is 17.1. The van der Waals surface area contributed by atoms with Gasteiger partial charge in [-0.25, -0.2) is 0 Å². The van der Waals surface area contributed by atoms with E-state index in [1.807, 2.05) is 43.7 Å². The Morgan fingerprint density at radius 1 is 1.12 bits per heavy atom. The molecule has 1 amide bonds. The van der Waals surface area contributed by atoms with Crippen LogP contribution in [0.25, 0.3) is 0 Å². The van der Waals surface area contributed by atoms with Gasteiger partial charge in [0.1, 0.15) is 5.69 Å². The first kappa shape index (κ1) is 16.0. The second-order valence-corrected chi connectivity index (χ2v) is 5.68. The average Bonchev–Trinajstić information content (AvgIpc) is 3.16. The lowest BCUT2D eigenvalue weighted by molar-refractivity contribution is 0.101. The molecule has 24 heavy (non-hydrogen) atoms. The molecule has 1 aromatic carbocycles. The third-order valence-corrected chi connectivity index (χ3v) is 4.04. The number of nitrogens with one attached hydrogen (secondary N) is 1. The Labute approximate surface area is 141 Å². The van der Waals surface area contributed by atoms with E-state index in [2.05, 4.69) is 27.6 Å². The number of aromatic nitrogens is 4. The zero-order valence-corrected chi connectivity index (χ0v) is 14.2. The molecule has 0 spiro atoms. The summed E-state index contributed by atoms with van der Waals surface area (Å²) < 4.78 is 3.59. The quantitative estimate of drug-likeness (QED) is 0.785. The molecule has 0 aliphatic carbocycles. The number of anilines is 1. The van der Waals surface area contributed by atoms with E-state index in [4.69, 9.17) is 0 Å². The van der Waals surface area contributed by atoms with Gasteiger partial charge in [0.05, 0.1) is 23.6 Å². The first-order valence-electron chi connectivity index (χ1n) is 8.01. The van der Waals surface area contributed by atoms with Crippen LogP contribution in [0.4, 0.5) is 5.69 Å². The minimum atomic E-state index is -0.167. The lowest BCUT2D eigenvalue weighted by atomic mass is 10.2. The predicted molar refractivity (Wildman–Crippen MR) is 93.1 cm³/mol. The Kier molecular flexibility index (Phi) is 4.46. The van der Waals surface area contributed by atoms with Gasteiger partial charge in [0, 0.05) is 12.7 Å². The number of hydrogen-bond acceptors (Lipinski definition) is 3. The van der Waals surface area contributed by atoms with Crippen molar-refractivity contribution in [1.29, 1.82) is 0 Å². The van der Waals surface area contributed by atoms with E-state index >= 15 is 0 Å². The Hall–Kier alpha value is -2.89. The lowest BCUT2D eigenvalue weighted by Gasteiger charge is -2.08. The van der Waals surface area contributed by atoms with Crippen LogP contribution >= 0.6 is 0 Å². The summed E-state index contributed by atoms with van der Waals surface area (Å²) in [5.74, 6) is -0.167. The molecule has 2 heterocycles. The first-order valence-corrected chi connectivity index (χ1v) is 8.01. The monoisotopic (exact) mass is 323 g/mol. The molecule has 0 saturated heterocycles. The SMILES string of the molecule is CCn1nccc1C(=O)Nc1c(C)nn(Cc2ccccc2)c1C. The highest BCUT2D eigenvalue weighted by Gasteiger charge is 2.17. The largest absolute Gasteiger partial charge is 0.317 e. The molecule has 6 heteroatoms. The third-order valence-electron chi connectivity index (χ3n) is 4.04. The fourth-order valence-electron chi connectivity index (χ4n) is 2.74. The first-order chi connectivity index (χ1) is 11.6. The van der Waals surface area contributed by atoms with Crippen LogP contribution in [0, 0.1) is 13.8 Å². The van der Waals surface area contributed by atoms with E-state index < -0.39 is 0 Å². The van der Waals surface area contributed by atoms with Crippen molar-refractivity contribution in [3.8, 4) is 0 Å². The van der Waals surface area contributed by atoms with Crippen molar-refractivity contribution in [2.75, 3.05) is 5.32 Å². The van der Waals surface area contributed by atoms with Crippen molar-refractivity contribution < 1.29 is 4.79 Å². The summed E-state index contributed by atoms with van der Waals surface area (Å²) >= 11 is 0. The van der Waals surface area contributed by atoms with E-state index in [1.54, 1.807) is 16.9 Å². The topological polar surface area (TPSA) is 64.7 Å². The maximum atomic E-state index is 12.5. The average molecular weight is 323 g/mol. The minimum Gasteiger partial charge on any atom is -0.317 e. The summed E-state index contributed by atoms with van der Waals surface area (Å²) in [4.78, 5) is 12.5. The second-order valence-electron chi connectivity index (χ2n) is 5.68. The van der Waals surface area contributed by atoms with Crippen molar-refractivity contribution in [2.45, 2.75) is 33.9 Å². The highest BCUT2D eigenvalue weighted by molar-refractivity contribution is 6.03. The fraction of sp³-hybridized carbons (Fsp3) is 0.278. The van der Waals surface area contributed by atoms with Gasteiger partial charge in [-0.05, 0) is 32.4 Å².